The fraction of sp³-hybridized carbons (Fsp3) is 0.389. The smallest absolute Gasteiger partial charge is 0.261 e. The molecule has 0 fully saturated rings. The molecule has 1 aromatic carbocycles. The van der Waals surface area contributed by atoms with Crippen molar-refractivity contribution in [2.24, 2.45) is 5.41 Å². The van der Waals surface area contributed by atoms with Crippen molar-refractivity contribution in [1.29, 1.82) is 0 Å². The van der Waals surface area contributed by atoms with E-state index < -0.39 is 23.0 Å². The van der Waals surface area contributed by atoms with Crippen molar-refractivity contribution >= 4 is 29.0 Å². The van der Waals surface area contributed by atoms with Gasteiger partial charge >= 0.3 is 0 Å². The van der Waals surface area contributed by atoms with Crippen molar-refractivity contribution in [3.05, 3.63) is 35.2 Å². The number of nitrogens with zero attached hydrogens (tertiary/aromatic N) is 2. The Hall–Kier alpha value is -2.50. The number of hydrogen-bond acceptors (Lipinski definition) is 3. The topological polar surface area (TPSA) is 57.7 Å². The van der Waals surface area contributed by atoms with E-state index in [2.05, 4.69) is 0 Å². The molecule has 0 saturated heterocycles. The lowest BCUT2D eigenvalue weighted by molar-refractivity contribution is -0.134. The van der Waals surface area contributed by atoms with Gasteiger partial charge < -0.3 is 4.90 Å². The molecule has 2 heterocycles. The molecule has 0 radical (unpaired) electrons. The average molecular weight is 330 g/mol. The van der Waals surface area contributed by atoms with Crippen LogP contribution in [0.2, 0.25) is 0 Å². The summed E-state index contributed by atoms with van der Waals surface area (Å²) in [7, 11) is 1.38. The quantitative estimate of drug-likeness (QED) is 0.741. The van der Waals surface area contributed by atoms with Crippen LogP contribution in [0.15, 0.2) is 18.2 Å². The lowest BCUT2D eigenvalue weighted by Crippen LogP contribution is -2.39. The molecular formula is C18H19FN2O3. The molecule has 0 aromatic heterocycles. The average Bonchev–Trinajstić information content (AvgIpc) is 3.01. The Morgan fingerprint density at radius 3 is 2.42 bits per heavy atom. The van der Waals surface area contributed by atoms with Crippen LogP contribution in [0.5, 0.6) is 0 Å². The molecule has 2 aliphatic heterocycles. The van der Waals surface area contributed by atoms with E-state index in [1.54, 1.807) is 4.90 Å². The first-order valence-corrected chi connectivity index (χ1v) is 7.79. The van der Waals surface area contributed by atoms with Gasteiger partial charge in [-0.15, -0.1) is 0 Å². The van der Waals surface area contributed by atoms with Crippen LogP contribution in [0.1, 0.15) is 31.9 Å². The third-order valence-electron chi connectivity index (χ3n) is 4.34. The molecule has 0 aliphatic carbocycles. The highest BCUT2D eigenvalue weighted by Crippen LogP contribution is 2.40. The fourth-order valence-corrected chi connectivity index (χ4v) is 3.08. The number of halogens is 1. The van der Waals surface area contributed by atoms with Crippen LogP contribution in [-0.4, -0.2) is 36.2 Å². The fourth-order valence-electron chi connectivity index (χ4n) is 3.08. The molecule has 0 N–H and O–H groups in total. The van der Waals surface area contributed by atoms with Gasteiger partial charge in [-0.1, -0.05) is 20.8 Å². The van der Waals surface area contributed by atoms with Crippen molar-refractivity contribution in [2.75, 3.05) is 18.5 Å². The molecule has 0 unspecified atom stereocenters. The highest BCUT2D eigenvalue weighted by Gasteiger charge is 2.38. The number of benzene rings is 1. The minimum Gasteiger partial charge on any atom is -0.311 e. The zero-order valence-electron chi connectivity index (χ0n) is 14.1. The lowest BCUT2D eigenvalue weighted by atomic mass is 9.93. The van der Waals surface area contributed by atoms with Gasteiger partial charge in [0.2, 0.25) is 5.91 Å². The highest BCUT2D eigenvalue weighted by atomic mass is 19.1. The van der Waals surface area contributed by atoms with Crippen LogP contribution in [0, 0.1) is 11.2 Å². The zero-order valence-corrected chi connectivity index (χ0v) is 14.1. The van der Waals surface area contributed by atoms with Crippen molar-refractivity contribution in [2.45, 2.75) is 27.2 Å². The molecule has 0 atom stereocenters. The van der Waals surface area contributed by atoms with Gasteiger partial charge in [0.15, 0.2) is 0 Å². The van der Waals surface area contributed by atoms with E-state index in [4.69, 9.17) is 0 Å². The van der Waals surface area contributed by atoms with Crippen LogP contribution in [0.25, 0.3) is 5.57 Å². The maximum absolute atomic E-state index is 14.0. The molecule has 0 bridgehead atoms. The molecule has 5 nitrogen and oxygen atoms in total. The molecular weight excluding hydrogens is 311 g/mol. The largest absolute Gasteiger partial charge is 0.311 e. The van der Waals surface area contributed by atoms with Gasteiger partial charge in [-0.3, -0.25) is 19.3 Å². The number of hydrogen-bond donors (Lipinski definition) is 0. The Morgan fingerprint density at radius 2 is 1.88 bits per heavy atom. The van der Waals surface area contributed by atoms with E-state index >= 15 is 0 Å². The third kappa shape index (κ3) is 2.42. The van der Waals surface area contributed by atoms with Gasteiger partial charge in [0.05, 0.1) is 11.3 Å². The lowest BCUT2D eigenvalue weighted by Gasteiger charge is -2.28. The van der Waals surface area contributed by atoms with Gasteiger partial charge in [0.1, 0.15) is 5.82 Å². The number of carbonyl (C=O) groups excluding carboxylic acids is 3. The summed E-state index contributed by atoms with van der Waals surface area (Å²) in [4.78, 5) is 39.4. The molecule has 126 valence electrons. The van der Waals surface area contributed by atoms with Crippen LogP contribution in [0.3, 0.4) is 0 Å². The maximum atomic E-state index is 14.0. The highest BCUT2D eigenvalue weighted by molar-refractivity contribution is 6.34. The van der Waals surface area contributed by atoms with Crippen LogP contribution < -0.4 is 4.90 Å². The predicted molar refractivity (Wildman–Crippen MR) is 87.7 cm³/mol. The van der Waals surface area contributed by atoms with E-state index in [0.29, 0.717) is 29.8 Å². The molecule has 24 heavy (non-hydrogen) atoms. The summed E-state index contributed by atoms with van der Waals surface area (Å²) >= 11 is 0. The molecule has 6 heteroatoms. The number of fused-ring (bicyclic) bond motifs is 1. The van der Waals surface area contributed by atoms with E-state index in [1.165, 1.54) is 25.3 Å². The number of likely N-dealkylation sites (N-methyl/N-ethyl adjacent to an activating group) is 1. The first kappa shape index (κ1) is 16.4. The summed E-state index contributed by atoms with van der Waals surface area (Å²) in [6.07, 6.45) is 1.72. The van der Waals surface area contributed by atoms with Gasteiger partial charge in [-0.2, -0.15) is 0 Å². The number of rotatable bonds is 1. The first-order valence-electron chi connectivity index (χ1n) is 7.79. The molecule has 3 amide bonds. The summed E-state index contributed by atoms with van der Waals surface area (Å²) in [6, 6.07) is 2.61. The second kappa shape index (κ2) is 5.26. The van der Waals surface area contributed by atoms with Gasteiger partial charge in [-0.05, 0) is 24.1 Å². The van der Waals surface area contributed by atoms with Gasteiger partial charge in [0, 0.05) is 30.6 Å². The number of anilines is 1. The molecule has 3 rings (SSSR count). The Balaban J connectivity index is 2.17. The van der Waals surface area contributed by atoms with Crippen LogP contribution in [0.4, 0.5) is 10.1 Å². The summed E-state index contributed by atoms with van der Waals surface area (Å²) in [5.74, 6) is -1.51. The Bertz CT molecular complexity index is 805. The van der Waals surface area contributed by atoms with Crippen molar-refractivity contribution in [3.8, 4) is 0 Å². The van der Waals surface area contributed by atoms with E-state index in [1.807, 2.05) is 20.8 Å². The summed E-state index contributed by atoms with van der Waals surface area (Å²) < 4.78 is 14.0. The molecule has 0 saturated carbocycles. The molecule has 2 aliphatic rings. The standard InChI is InChI=1S/C18H19FN2O3/c1-18(2,3)17(24)21-6-5-10-7-11(19)8-12(15(10)21)13-9-14(22)20(4)16(13)23/h7-9H,5-6H2,1-4H3. The van der Waals surface area contributed by atoms with Gasteiger partial charge in [0.25, 0.3) is 11.8 Å². The number of carbonyl (C=O) groups is 3. The van der Waals surface area contributed by atoms with Crippen LogP contribution in [-0.2, 0) is 20.8 Å². The first-order chi connectivity index (χ1) is 11.1. The number of amides is 3. The monoisotopic (exact) mass is 330 g/mol. The third-order valence-corrected chi connectivity index (χ3v) is 4.34. The van der Waals surface area contributed by atoms with Crippen molar-refractivity contribution in [1.82, 2.24) is 4.90 Å². The Labute approximate surface area is 139 Å². The summed E-state index contributed by atoms with van der Waals surface area (Å²) in [6.45, 7) is 5.88. The number of imide groups is 1. The molecule has 0 spiro atoms. The van der Waals surface area contributed by atoms with E-state index in [-0.39, 0.29) is 11.5 Å². The van der Waals surface area contributed by atoms with Crippen LogP contribution >= 0.6 is 0 Å². The van der Waals surface area contributed by atoms with E-state index in [9.17, 15) is 18.8 Å². The predicted octanol–water partition coefficient (Wildman–Crippen LogP) is 2.14. The summed E-state index contributed by atoms with van der Waals surface area (Å²) in [5, 5.41) is 0. The maximum Gasteiger partial charge on any atom is 0.261 e. The zero-order chi connectivity index (χ0) is 17.8. The normalized spacial score (nSPS) is 17.5. The second-order valence-corrected chi connectivity index (χ2v) is 7.18. The van der Waals surface area contributed by atoms with Gasteiger partial charge in [-0.25, -0.2) is 4.39 Å². The second-order valence-electron chi connectivity index (χ2n) is 7.18. The SMILES string of the molecule is CN1C(=O)C=C(c2cc(F)cc3c2N(C(=O)C(C)(C)C)CC3)C1=O. The van der Waals surface area contributed by atoms with E-state index in [0.717, 1.165) is 4.90 Å². The van der Waals surface area contributed by atoms with Crippen molar-refractivity contribution < 1.29 is 18.8 Å². The molecule has 1 aromatic rings. The Kier molecular flexibility index (Phi) is 3.59. The van der Waals surface area contributed by atoms with Crippen molar-refractivity contribution in [3.63, 3.8) is 0 Å². The Morgan fingerprint density at radius 1 is 1.21 bits per heavy atom. The minimum atomic E-state index is -0.603. The summed E-state index contributed by atoms with van der Waals surface area (Å²) in [5.41, 5.74) is 1.06. The minimum absolute atomic E-state index is 0.0974.